The molecule has 4 aromatic rings. The van der Waals surface area contributed by atoms with E-state index in [1.807, 2.05) is 78.6 Å². The summed E-state index contributed by atoms with van der Waals surface area (Å²) in [4.78, 5) is 28.5. The first-order chi connectivity index (χ1) is 25.0. The minimum Gasteiger partial charge on any atom is -0.462 e. The Morgan fingerprint density at radius 1 is 0.755 bits per heavy atom. The van der Waals surface area contributed by atoms with Crippen LogP contribution in [-0.2, 0) is 38.9 Å². The van der Waals surface area contributed by atoms with E-state index < -0.39 is 20.1 Å². The Balaban J connectivity index is 0.000000967. The van der Waals surface area contributed by atoms with Crippen molar-refractivity contribution in [2.24, 2.45) is 0 Å². The highest BCUT2D eigenvalue weighted by molar-refractivity contribution is 8.32. The number of nitrogens with zero attached hydrogens (tertiary/aromatic N) is 6. The molecular weight excluding hydrogens is 707 g/mol. The molecule has 1 N–H and O–H groups in total. The topological polar surface area (TPSA) is 118 Å². The zero-order valence-corrected chi connectivity index (χ0v) is 36.5. The first-order valence-electron chi connectivity index (χ1n) is 18.3. The van der Waals surface area contributed by atoms with Crippen molar-refractivity contribution in [3.05, 3.63) is 60.7 Å². The number of hydrogen-bond donors (Lipinski definition) is 1. The Morgan fingerprint density at radius 2 is 1.23 bits per heavy atom. The van der Waals surface area contributed by atoms with Crippen LogP contribution in [0.2, 0.25) is 0 Å². The summed E-state index contributed by atoms with van der Waals surface area (Å²) < 4.78 is 21.0. The monoisotopic (exact) mass is 773 g/mol. The number of carbonyl (C=O) groups is 1. The molecule has 0 fully saturated rings. The van der Waals surface area contributed by atoms with Gasteiger partial charge in [-0.25, -0.2) is 30.0 Å². The summed E-state index contributed by atoms with van der Waals surface area (Å²) in [5, 5.41) is 3.30. The molecule has 4 heterocycles. The lowest BCUT2D eigenvalue weighted by Gasteiger charge is -2.25. The molecule has 0 aliphatic heterocycles. The molecule has 4 rings (SSSR count). The van der Waals surface area contributed by atoms with Crippen LogP contribution in [0, 0.1) is 0 Å². The lowest BCUT2D eigenvalue weighted by atomic mass is 10.1. The van der Waals surface area contributed by atoms with Gasteiger partial charge >= 0.3 is 0 Å². The number of rotatable bonds is 17. The Kier molecular flexibility index (Phi) is 18.7. The number of aryl methyl sites for hydroxylation is 1. The average molecular weight is 774 g/mol. The SMILES string of the molecule is CC.CC(C)(C)OC=O.CCc1ncc(-c2ccc(-c3ccc(-c4cnc([C@H](C)NC)n4COCCS(C)(C)C)cn3)nc2)n1COCCS(C)(C)C. The highest BCUT2D eigenvalue weighted by Crippen LogP contribution is 2.34. The molecule has 13 heteroatoms. The van der Waals surface area contributed by atoms with Gasteiger partial charge in [0.15, 0.2) is 0 Å². The van der Waals surface area contributed by atoms with Crippen molar-refractivity contribution in [1.29, 1.82) is 0 Å². The highest BCUT2D eigenvalue weighted by atomic mass is 32.3. The van der Waals surface area contributed by atoms with Gasteiger partial charge in [-0.05, 0) is 96.5 Å². The van der Waals surface area contributed by atoms with E-state index in [-0.39, 0.29) is 11.6 Å². The third-order valence-corrected chi connectivity index (χ3v) is 10.6. The number of pyridine rings is 2. The van der Waals surface area contributed by atoms with Crippen LogP contribution < -0.4 is 5.32 Å². The Hall–Kier alpha value is -3.23. The maximum atomic E-state index is 9.60. The van der Waals surface area contributed by atoms with Crippen molar-refractivity contribution in [1.82, 2.24) is 34.4 Å². The number of ether oxygens (including phenoxy) is 3. The van der Waals surface area contributed by atoms with E-state index >= 15 is 0 Å². The fourth-order valence-electron chi connectivity index (χ4n) is 4.77. The molecule has 0 unspecified atom stereocenters. The summed E-state index contributed by atoms with van der Waals surface area (Å²) in [5.74, 6) is 4.12. The quantitative estimate of drug-likeness (QED) is 0.0841. The van der Waals surface area contributed by atoms with Gasteiger partial charge in [-0.3, -0.25) is 14.8 Å². The molecule has 0 spiro atoms. The van der Waals surface area contributed by atoms with Gasteiger partial charge in [0.25, 0.3) is 6.47 Å². The minimum absolute atomic E-state index is 0.0938. The Bertz CT molecular complexity index is 1640. The smallest absolute Gasteiger partial charge is 0.293 e. The fourth-order valence-corrected chi connectivity index (χ4v) is 6.00. The zero-order chi connectivity index (χ0) is 39.8. The zero-order valence-electron chi connectivity index (χ0n) is 34.9. The molecule has 0 amide bonds. The van der Waals surface area contributed by atoms with Crippen molar-refractivity contribution < 1.29 is 19.0 Å². The third-order valence-electron chi connectivity index (χ3n) is 7.86. The normalized spacial score (nSPS) is 12.9. The molecular formula is C40H67N7O4S2. The van der Waals surface area contributed by atoms with E-state index in [1.54, 1.807) is 0 Å². The maximum Gasteiger partial charge on any atom is 0.293 e. The van der Waals surface area contributed by atoms with Crippen molar-refractivity contribution in [2.75, 3.05) is 69.3 Å². The van der Waals surface area contributed by atoms with E-state index in [4.69, 9.17) is 24.4 Å². The average Bonchev–Trinajstić information content (AvgIpc) is 3.72. The van der Waals surface area contributed by atoms with E-state index in [9.17, 15) is 4.79 Å². The standard InChI is InChI=1S/C33H51N7O2S2.C5H10O2.C2H6/c1-10-32-37-21-30(39(32)23-41-15-17-43(4,5)6)26-11-13-28(35-19-26)29-14-12-27(20-36-29)31-22-38-33(25(2)34-3)40(31)24-42-16-18-44(7,8)9;1-5(2,3)7-4-6;1-2/h11-14,19-22,25,34H,10,15-18,23-24H2,1-9H3;4H,1-3H3;1-2H3/t25-;;/m0../s1. The molecule has 0 aliphatic rings. The molecule has 11 nitrogen and oxygen atoms in total. The first kappa shape index (κ1) is 45.9. The number of hydrogen-bond acceptors (Lipinski definition) is 9. The van der Waals surface area contributed by atoms with Crippen LogP contribution in [0.1, 0.15) is 66.2 Å². The lowest BCUT2D eigenvalue weighted by Crippen LogP contribution is -2.20. The molecule has 53 heavy (non-hydrogen) atoms. The summed E-state index contributed by atoms with van der Waals surface area (Å²) in [5.41, 5.74) is 5.30. The molecule has 0 saturated carbocycles. The van der Waals surface area contributed by atoms with Crippen LogP contribution in [0.4, 0.5) is 0 Å². The molecule has 0 aromatic carbocycles. The summed E-state index contributed by atoms with van der Waals surface area (Å²) >= 11 is 0. The second kappa shape index (κ2) is 21.6. The third kappa shape index (κ3) is 15.6. The van der Waals surface area contributed by atoms with Gasteiger partial charge < -0.3 is 28.7 Å². The summed E-state index contributed by atoms with van der Waals surface area (Å²) in [6, 6.07) is 8.30. The van der Waals surface area contributed by atoms with Crippen LogP contribution in [0.3, 0.4) is 0 Å². The van der Waals surface area contributed by atoms with Gasteiger partial charge in [0.2, 0.25) is 0 Å². The first-order valence-corrected chi connectivity index (χ1v) is 24.3. The predicted molar refractivity (Wildman–Crippen MR) is 227 cm³/mol. The van der Waals surface area contributed by atoms with Gasteiger partial charge in [0, 0.05) is 41.4 Å². The highest BCUT2D eigenvalue weighted by Gasteiger charge is 2.18. The Labute approximate surface area is 322 Å². The van der Waals surface area contributed by atoms with E-state index in [1.165, 1.54) is 0 Å². The number of nitrogens with one attached hydrogen (secondary N) is 1. The predicted octanol–water partition coefficient (Wildman–Crippen LogP) is 8.03. The van der Waals surface area contributed by atoms with Crippen molar-refractivity contribution in [2.45, 2.75) is 80.0 Å². The molecule has 0 bridgehead atoms. The summed E-state index contributed by atoms with van der Waals surface area (Å²) in [6.07, 6.45) is 22.3. The molecule has 4 aromatic heterocycles. The number of aromatic nitrogens is 6. The molecule has 0 saturated heterocycles. The van der Waals surface area contributed by atoms with Crippen LogP contribution >= 0.6 is 20.1 Å². The molecule has 298 valence electrons. The van der Waals surface area contributed by atoms with E-state index in [0.717, 1.165) is 76.7 Å². The summed E-state index contributed by atoms with van der Waals surface area (Å²) in [7, 11) is 0.752. The van der Waals surface area contributed by atoms with Crippen molar-refractivity contribution in [3.8, 4) is 33.9 Å². The van der Waals surface area contributed by atoms with Crippen molar-refractivity contribution in [3.63, 3.8) is 0 Å². The number of carbonyl (C=O) groups excluding carboxylic acids is 1. The van der Waals surface area contributed by atoms with Crippen LogP contribution in [0.15, 0.2) is 49.1 Å². The molecule has 1 atom stereocenters. The van der Waals surface area contributed by atoms with Crippen LogP contribution in [0.5, 0.6) is 0 Å². The maximum absolute atomic E-state index is 9.60. The van der Waals surface area contributed by atoms with Crippen LogP contribution in [0.25, 0.3) is 33.9 Å². The van der Waals surface area contributed by atoms with Crippen molar-refractivity contribution >= 4 is 26.5 Å². The van der Waals surface area contributed by atoms with Gasteiger partial charge in [-0.15, -0.1) is 0 Å². The van der Waals surface area contributed by atoms with Crippen LogP contribution in [-0.4, -0.2) is 110 Å². The lowest BCUT2D eigenvalue weighted by molar-refractivity contribution is -0.138. The number of imidazole rings is 2. The molecule has 0 aliphatic carbocycles. The molecule has 0 radical (unpaired) electrons. The minimum atomic E-state index is -0.608. The van der Waals surface area contributed by atoms with Gasteiger partial charge in [0.05, 0.1) is 54.4 Å². The van der Waals surface area contributed by atoms with E-state index in [0.29, 0.717) is 19.9 Å². The fraction of sp³-hybridized carbons (Fsp3) is 0.575. The van der Waals surface area contributed by atoms with Gasteiger partial charge in [0.1, 0.15) is 30.7 Å². The van der Waals surface area contributed by atoms with Gasteiger partial charge in [-0.2, -0.15) is 0 Å². The summed E-state index contributed by atoms with van der Waals surface area (Å²) in [6.45, 7) is 16.6. The van der Waals surface area contributed by atoms with E-state index in [2.05, 4.69) is 87.7 Å². The second-order valence-corrected chi connectivity index (χ2v) is 24.3. The second-order valence-electron chi connectivity index (χ2n) is 15.1. The largest absolute Gasteiger partial charge is 0.462 e. The Morgan fingerprint density at radius 3 is 1.60 bits per heavy atom. The van der Waals surface area contributed by atoms with Gasteiger partial charge in [-0.1, -0.05) is 20.8 Å².